The van der Waals surface area contributed by atoms with Crippen molar-refractivity contribution in [1.82, 2.24) is 9.97 Å². The Morgan fingerprint density at radius 3 is 2.00 bits per heavy atom. The molecule has 17 heteroatoms. The molecule has 4 aromatic heterocycles. The lowest BCUT2D eigenvalue weighted by Gasteiger charge is -2.11. The molecule has 0 bridgehead atoms. The maximum Gasteiger partial charge on any atom is 0.257 e. The predicted octanol–water partition coefficient (Wildman–Crippen LogP) is 2.94. The highest BCUT2D eigenvalue weighted by molar-refractivity contribution is 7.14. The zero-order valence-corrected chi connectivity index (χ0v) is 27.0. The van der Waals surface area contributed by atoms with E-state index in [4.69, 9.17) is 22.9 Å². The first kappa shape index (κ1) is 32.7. The Morgan fingerprint density at radius 1 is 0.795 bits per heavy atom. The number of carbonyl (C=O) groups is 3. The van der Waals surface area contributed by atoms with Crippen LogP contribution in [0.5, 0.6) is 0 Å². The second-order valence-corrected chi connectivity index (χ2v) is 13.7. The van der Waals surface area contributed by atoms with Crippen molar-refractivity contribution < 1.29 is 14.4 Å². The summed E-state index contributed by atoms with van der Waals surface area (Å²) in [5.41, 5.74) is 23.4. The molecule has 44 heavy (non-hydrogen) atoms. The van der Waals surface area contributed by atoms with Gasteiger partial charge in [-0.05, 0) is 49.9 Å². The van der Waals surface area contributed by atoms with Gasteiger partial charge in [0.05, 0.1) is 23.9 Å². The van der Waals surface area contributed by atoms with Crippen molar-refractivity contribution in [1.29, 1.82) is 0 Å². The Kier molecular flexibility index (Phi) is 11.5. The molecule has 0 saturated carbocycles. The molecule has 4 rings (SSSR count). The van der Waals surface area contributed by atoms with E-state index in [-0.39, 0.29) is 30.2 Å². The number of amides is 3. The number of nitrogens with two attached hydrogens (primary N) is 4. The van der Waals surface area contributed by atoms with Crippen LogP contribution >= 0.6 is 45.3 Å². The molecule has 1 unspecified atom stereocenters. The van der Waals surface area contributed by atoms with Gasteiger partial charge in [0.15, 0.2) is 22.2 Å². The summed E-state index contributed by atoms with van der Waals surface area (Å²) in [7, 11) is 0. The molecule has 13 nitrogen and oxygen atoms in total. The normalized spacial score (nSPS) is 11.5. The summed E-state index contributed by atoms with van der Waals surface area (Å²) in [6.07, 6.45) is 2.67. The standard InChI is InChI=1S/C27H32N10O3S4/c1-14(38)33-26-34-15(12-41-26)3-5-18-8-9-21(44-18)20(23(40)37-25(30)31)10-22(39)36-27-35-16(13-42-27)2-4-17-6-7-19(43-17)11-32-24(28)29/h6-9,12-13,20H,2-5,10-11H2,1H3,(H4,28,29,32)(H,33,34,38)(H,35,36,39)(H4,30,31,37,40). The number of hydrogen-bond acceptors (Lipinski definition) is 10. The van der Waals surface area contributed by atoms with Gasteiger partial charge >= 0.3 is 0 Å². The first-order valence-corrected chi connectivity index (χ1v) is 16.7. The number of nitrogens with one attached hydrogen (secondary N) is 2. The number of guanidine groups is 2. The number of aryl methyl sites for hydroxylation is 4. The van der Waals surface area contributed by atoms with Gasteiger partial charge in [-0.1, -0.05) is 0 Å². The molecule has 1 atom stereocenters. The van der Waals surface area contributed by atoms with Crippen LogP contribution in [-0.2, 0) is 46.6 Å². The molecule has 0 aromatic carbocycles. The van der Waals surface area contributed by atoms with E-state index in [1.165, 1.54) is 45.8 Å². The van der Waals surface area contributed by atoms with E-state index in [1.807, 2.05) is 35.0 Å². The van der Waals surface area contributed by atoms with Crippen molar-refractivity contribution in [3.8, 4) is 0 Å². The van der Waals surface area contributed by atoms with Crippen LogP contribution < -0.4 is 33.6 Å². The number of carbonyl (C=O) groups excluding carboxylic acids is 3. The van der Waals surface area contributed by atoms with Gasteiger partial charge in [0, 0.05) is 43.6 Å². The molecule has 0 aliphatic rings. The fraction of sp³-hybridized carbons (Fsp3) is 0.296. The molecule has 232 valence electrons. The van der Waals surface area contributed by atoms with Gasteiger partial charge in [-0.2, -0.15) is 4.99 Å². The van der Waals surface area contributed by atoms with Gasteiger partial charge in [-0.3, -0.25) is 14.4 Å². The average molecular weight is 673 g/mol. The van der Waals surface area contributed by atoms with Crippen LogP contribution in [0.25, 0.3) is 0 Å². The van der Waals surface area contributed by atoms with E-state index in [0.29, 0.717) is 40.9 Å². The summed E-state index contributed by atoms with van der Waals surface area (Å²) < 4.78 is 0. The van der Waals surface area contributed by atoms with Crippen molar-refractivity contribution in [2.24, 2.45) is 32.9 Å². The van der Waals surface area contributed by atoms with Gasteiger partial charge in [0.25, 0.3) is 5.91 Å². The SMILES string of the molecule is CC(=O)Nc1nc(CCc2ccc(C(CC(=O)Nc3nc(CCc4ccc(CN=C(N)N)s4)cs3)C(=O)N=C(N)N)s2)cs1. The number of rotatable bonds is 14. The summed E-state index contributed by atoms with van der Waals surface area (Å²) in [6.45, 7) is 1.89. The molecule has 0 aliphatic heterocycles. The van der Waals surface area contributed by atoms with Crippen LogP contribution in [0.4, 0.5) is 10.3 Å². The Morgan fingerprint density at radius 2 is 1.39 bits per heavy atom. The highest BCUT2D eigenvalue weighted by Gasteiger charge is 2.26. The number of aliphatic imine (C=N–C) groups is 2. The third kappa shape index (κ3) is 10.2. The minimum absolute atomic E-state index is 0.0618. The number of hydrogen-bond donors (Lipinski definition) is 6. The van der Waals surface area contributed by atoms with Gasteiger partial charge < -0.3 is 33.6 Å². The van der Waals surface area contributed by atoms with E-state index in [1.54, 1.807) is 11.3 Å². The van der Waals surface area contributed by atoms with Crippen molar-refractivity contribution in [3.05, 3.63) is 65.9 Å². The number of thiophene rings is 2. The van der Waals surface area contributed by atoms with E-state index < -0.39 is 11.8 Å². The first-order chi connectivity index (χ1) is 21.0. The van der Waals surface area contributed by atoms with E-state index >= 15 is 0 Å². The summed E-state index contributed by atoms with van der Waals surface area (Å²) in [5, 5.41) is 10.3. The minimum atomic E-state index is -0.854. The van der Waals surface area contributed by atoms with E-state index in [9.17, 15) is 14.4 Å². The largest absolute Gasteiger partial charge is 0.370 e. The molecule has 0 spiro atoms. The Labute approximate surface area is 269 Å². The Balaban J connectivity index is 1.34. The van der Waals surface area contributed by atoms with Crippen molar-refractivity contribution in [2.45, 2.75) is 51.5 Å². The molecule has 0 aliphatic carbocycles. The monoisotopic (exact) mass is 672 g/mol. The minimum Gasteiger partial charge on any atom is -0.370 e. The van der Waals surface area contributed by atoms with Crippen LogP contribution in [0.3, 0.4) is 0 Å². The van der Waals surface area contributed by atoms with Crippen molar-refractivity contribution in [3.63, 3.8) is 0 Å². The summed E-state index contributed by atoms with van der Waals surface area (Å²) in [5.74, 6) is -2.30. The third-order valence-electron chi connectivity index (χ3n) is 5.98. The summed E-state index contributed by atoms with van der Waals surface area (Å²) in [4.78, 5) is 57.8. The predicted molar refractivity (Wildman–Crippen MR) is 178 cm³/mol. The van der Waals surface area contributed by atoms with E-state index in [0.717, 1.165) is 27.6 Å². The fourth-order valence-electron chi connectivity index (χ4n) is 4.01. The third-order valence-corrected chi connectivity index (χ3v) is 9.98. The van der Waals surface area contributed by atoms with Crippen LogP contribution in [0.1, 0.15) is 50.2 Å². The second kappa shape index (κ2) is 15.5. The summed E-state index contributed by atoms with van der Waals surface area (Å²) >= 11 is 5.75. The number of nitrogens with zero attached hydrogens (tertiary/aromatic N) is 4. The van der Waals surface area contributed by atoms with Gasteiger partial charge in [-0.25, -0.2) is 15.0 Å². The van der Waals surface area contributed by atoms with Crippen molar-refractivity contribution >= 4 is 85.3 Å². The average Bonchev–Trinajstić information content (AvgIpc) is 3.76. The Bertz CT molecular complexity index is 1660. The molecule has 4 heterocycles. The smallest absolute Gasteiger partial charge is 0.257 e. The first-order valence-electron chi connectivity index (χ1n) is 13.4. The quantitative estimate of drug-likeness (QED) is 0.0853. The zero-order valence-electron chi connectivity index (χ0n) is 23.7. The fourth-order valence-corrected chi connectivity index (χ4v) is 7.61. The van der Waals surface area contributed by atoms with Gasteiger partial charge in [0.2, 0.25) is 11.8 Å². The Hall–Kier alpha value is -4.19. The highest BCUT2D eigenvalue weighted by Crippen LogP contribution is 2.31. The number of thiazole rings is 2. The number of aromatic nitrogens is 2. The second-order valence-electron chi connectivity index (χ2n) is 9.56. The molecule has 3 amide bonds. The zero-order chi connectivity index (χ0) is 31.6. The molecule has 0 radical (unpaired) electrons. The maximum atomic E-state index is 13.0. The molecule has 0 fully saturated rings. The maximum absolute atomic E-state index is 13.0. The highest BCUT2D eigenvalue weighted by atomic mass is 32.1. The van der Waals surface area contributed by atoms with Crippen LogP contribution in [0.2, 0.25) is 0 Å². The molecular formula is C27H32N10O3S4. The van der Waals surface area contributed by atoms with Gasteiger partial charge in [-0.15, -0.1) is 45.3 Å². The summed E-state index contributed by atoms with van der Waals surface area (Å²) in [6, 6.07) is 7.78. The van der Waals surface area contributed by atoms with E-state index in [2.05, 4.69) is 30.6 Å². The lowest BCUT2D eigenvalue weighted by molar-refractivity contribution is -0.123. The number of anilines is 2. The lowest BCUT2D eigenvalue weighted by Crippen LogP contribution is -2.27. The van der Waals surface area contributed by atoms with Crippen LogP contribution in [0.15, 0.2) is 45.0 Å². The molecule has 0 saturated heterocycles. The van der Waals surface area contributed by atoms with Gasteiger partial charge in [0.1, 0.15) is 0 Å². The van der Waals surface area contributed by atoms with Crippen LogP contribution in [0, 0.1) is 0 Å². The molecule has 10 N–H and O–H groups in total. The molecule has 4 aromatic rings. The van der Waals surface area contributed by atoms with Crippen molar-refractivity contribution in [2.75, 3.05) is 10.6 Å². The molecular weight excluding hydrogens is 641 g/mol. The van der Waals surface area contributed by atoms with Crippen LogP contribution in [-0.4, -0.2) is 39.6 Å². The lowest BCUT2D eigenvalue weighted by atomic mass is 10.0. The topological polar surface area (TPSA) is 230 Å².